The lowest BCUT2D eigenvalue weighted by molar-refractivity contribution is -0.378. The first-order chi connectivity index (χ1) is 19.4. The smallest absolute Gasteiger partial charge is 0.295 e. The van der Waals surface area contributed by atoms with Gasteiger partial charge in [0, 0.05) is 24.3 Å². The normalized spacial score (nSPS) is 16.2. The molecule has 0 bridgehead atoms. The molecule has 1 amide bonds. The molecule has 1 aliphatic heterocycles. The molecular formula is C33H30N2O5. The zero-order chi connectivity index (χ0) is 28.1. The molecule has 1 N–H and O–H groups in total. The van der Waals surface area contributed by atoms with Crippen LogP contribution in [0.25, 0.3) is 5.76 Å². The minimum Gasteiger partial charge on any atom is -0.872 e. The lowest BCUT2D eigenvalue weighted by Gasteiger charge is -2.27. The van der Waals surface area contributed by atoms with Gasteiger partial charge in [0.25, 0.3) is 5.91 Å². The van der Waals surface area contributed by atoms with E-state index in [0.717, 1.165) is 16.7 Å². The average molecular weight is 535 g/mol. The number of hydrogen-bond donors (Lipinski definition) is 0. The fourth-order valence-corrected chi connectivity index (χ4v) is 4.84. The molecule has 1 atom stereocenters. The lowest BCUT2D eigenvalue weighted by atomic mass is 9.95. The van der Waals surface area contributed by atoms with Crippen molar-refractivity contribution < 1.29 is 29.2 Å². The number of ketones is 1. The molecule has 0 radical (unpaired) electrons. The molecule has 4 aromatic rings. The Kier molecular flexibility index (Phi) is 7.92. The lowest BCUT2D eigenvalue weighted by Crippen LogP contribution is -2.29. The van der Waals surface area contributed by atoms with Crippen LogP contribution in [0.5, 0.6) is 11.5 Å². The summed E-state index contributed by atoms with van der Waals surface area (Å²) in [4.78, 5) is 31.0. The SMILES string of the molecule is CCOc1ccc(C2C(=C([O-])c3ccc(OCc4cccc(C)c4)cc3)C(=O)C(=O)N2Cc2cc[nH+]cc2)cc1. The van der Waals surface area contributed by atoms with Gasteiger partial charge in [0.05, 0.1) is 12.6 Å². The molecule has 5 rings (SSSR count). The van der Waals surface area contributed by atoms with Crippen molar-refractivity contribution >= 4 is 17.4 Å². The third-order valence-corrected chi connectivity index (χ3v) is 6.78. The van der Waals surface area contributed by atoms with E-state index in [0.29, 0.717) is 35.8 Å². The molecule has 0 spiro atoms. The van der Waals surface area contributed by atoms with E-state index in [4.69, 9.17) is 9.47 Å². The van der Waals surface area contributed by atoms with Crippen LogP contribution in [-0.2, 0) is 22.7 Å². The first-order valence-corrected chi connectivity index (χ1v) is 13.2. The minimum absolute atomic E-state index is 0.0647. The summed E-state index contributed by atoms with van der Waals surface area (Å²) in [6, 6.07) is 24.7. The van der Waals surface area contributed by atoms with Gasteiger partial charge in [-0.05, 0) is 60.4 Å². The summed E-state index contributed by atoms with van der Waals surface area (Å²) < 4.78 is 11.4. The predicted molar refractivity (Wildman–Crippen MR) is 148 cm³/mol. The first-order valence-electron chi connectivity index (χ1n) is 13.2. The van der Waals surface area contributed by atoms with Crippen LogP contribution in [0.3, 0.4) is 0 Å². The van der Waals surface area contributed by atoms with Gasteiger partial charge < -0.3 is 19.5 Å². The van der Waals surface area contributed by atoms with Gasteiger partial charge >= 0.3 is 0 Å². The maximum Gasteiger partial charge on any atom is 0.295 e. The van der Waals surface area contributed by atoms with Crippen LogP contribution in [-0.4, -0.2) is 23.2 Å². The molecule has 1 saturated heterocycles. The van der Waals surface area contributed by atoms with Gasteiger partial charge in [0.2, 0.25) is 5.78 Å². The van der Waals surface area contributed by atoms with Crippen LogP contribution >= 0.6 is 0 Å². The molecule has 0 aliphatic carbocycles. The van der Waals surface area contributed by atoms with Crippen LogP contribution < -0.4 is 19.6 Å². The van der Waals surface area contributed by atoms with Crippen molar-refractivity contribution in [2.45, 2.75) is 33.0 Å². The second-order valence-corrected chi connectivity index (χ2v) is 9.62. The number of carbonyl (C=O) groups is 2. The quantitative estimate of drug-likeness (QED) is 0.182. The highest BCUT2D eigenvalue weighted by Crippen LogP contribution is 2.40. The van der Waals surface area contributed by atoms with Gasteiger partial charge in [-0.3, -0.25) is 9.59 Å². The van der Waals surface area contributed by atoms with Gasteiger partial charge in [0.1, 0.15) is 18.1 Å². The number of rotatable bonds is 9. The van der Waals surface area contributed by atoms with E-state index in [-0.39, 0.29) is 12.1 Å². The Labute approximate surface area is 233 Å². The van der Waals surface area contributed by atoms with Gasteiger partial charge in [-0.1, -0.05) is 59.9 Å². The molecule has 7 heteroatoms. The van der Waals surface area contributed by atoms with E-state index in [1.165, 1.54) is 4.90 Å². The second kappa shape index (κ2) is 11.9. The number of benzene rings is 3. The van der Waals surface area contributed by atoms with Crippen molar-refractivity contribution in [3.8, 4) is 11.5 Å². The van der Waals surface area contributed by atoms with Crippen molar-refractivity contribution in [2.75, 3.05) is 6.61 Å². The van der Waals surface area contributed by atoms with Crippen LogP contribution in [0.4, 0.5) is 0 Å². The molecule has 2 heterocycles. The number of aromatic nitrogens is 1. The Morgan fingerprint density at radius 2 is 1.55 bits per heavy atom. The Morgan fingerprint density at radius 1 is 0.875 bits per heavy atom. The molecule has 1 unspecified atom stereocenters. The summed E-state index contributed by atoms with van der Waals surface area (Å²) in [5.74, 6) is -0.700. The van der Waals surface area contributed by atoms with Crippen molar-refractivity contribution in [3.05, 3.63) is 131 Å². The molecule has 1 aliphatic rings. The molecule has 202 valence electrons. The van der Waals surface area contributed by atoms with E-state index >= 15 is 0 Å². The number of amides is 1. The molecule has 7 nitrogen and oxygen atoms in total. The van der Waals surface area contributed by atoms with E-state index in [1.54, 1.807) is 60.9 Å². The van der Waals surface area contributed by atoms with E-state index < -0.39 is 23.5 Å². The summed E-state index contributed by atoms with van der Waals surface area (Å²) in [6.45, 7) is 5.00. The number of likely N-dealkylation sites (tertiary alicyclic amines) is 1. The summed E-state index contributed by atoms with van der Waals surface area (Å²) in [5.41, 5.74) is 3.93. The zero-order valence-electron chi connectivity index (χ0n) is 22.4. The van der Waals surface area contributed by atoms with Crippen molar-refractivity contribution in [2.24, 2.45) is 0 Å². The van der Waals surface area contributed by atoms with Crippen molar-refractivity contribution in [1.29, 1.82) is 0 Å². The van der Waals surface area contributed by atoms with Gasteiger partial charge in [-0.15, -0.1) is 0 Å². The summed E-state index contributed by atoms with van der Waals surface area (Å²) in [5, 5.41) is 13.8. The maximum absolute atomic E-state index is 13.8. The molecule has 1 aromatic heterocycles. The largest absolute Gasteiger partial charge is 0.872 e. The Balaban J connectivity index is 1.47. The maximum atomic E-state index is 13.8. The predicted octanol–water partition coefficient (Wildman–Crippen LogP) is 4.21. The number of carbonyl (C=O) groups excluding carboxylic acids is 2. The topological polar surface area (TPSA) is 93.0 Å². The van der Waals surface area contributed by atoms with Crippen molar-refractivity contribution in [3.63, 3.8) is 0 Å². The van der Waals surface area contributed by atoms with Crippen LogP contribution in [0.15, 0.2) is 103 Å². The van der Waals surface area contributed by atoms with Gasteiger partial charge in [-0.25, -0.2) is 4.98 Å². The van der Waals surface area contributed by atoms with Crippen LogP contribution in [0.2, 0.25) is 0 Å². The Hall–Kier alpha value is -4.91. The van der Waals surface area contributed by atoms with E-state index in [9.17, 15) is 14.7 Å². The second-order valence-electron chi connectivity index (χ2n) is 9.62. The van der Waals surface area contributed by atoms with Crippen molar-refractivity contribution in [1.82, 2.24) is 4.90 Å². The number of pyridine rings is 1. The van der Waals surface area contributed by atoms with Gasteiger partial charge in [0.15, 0.2) is 12.4 Å². The fraction of sp³-hybridized carbons (Fsp3) is 0.182. The number of hydrogen-bond acceptors (Lipinski definition) is 5. The molecule has 1 fully saturated rings. The third kappa shape index (κ3) is 5.73. The Morgan fingerprint density at radius 3 is 2.23 bits per heavy atom. The summed E-state index contributed by atoms with van der Waals surface area (Å²) >= 11 is 0. The number of aromatic amines is 1. The zero-order valence-corrected chi connectivity index (χ0v) is 22.4. The number of nitrogens with zero attached hydrogens (tertiary/aromatic N) is 1. The number of aryl methyl sites for hydroxylation is 1. The molecule has 3 aromatic carbocycles. The van der Waals surface area contributed by atoms with Gasteiger partial charge in [-0.2, -0.15) is 0 Å². The molecular weight excluding hydrogens is 504 g/mol. The standard InChI is InChI=1S/C33H30N2O5/c1-3-39-27-11-7-25(8-12-27)30-29(32(37)33(38)35(30)20-23-15-17-34-18-16-23)31(36)26-9-13-28(14-10-26)40-21-24-6-4-5-22(2)19-24/h4-19,30,36H,3,20-21H2,1-2H3. The highest BCUT2D eigenvalue weighted by atomic mass is 16.5. The van der Waals surface area contributed by atoms with Crippen LogP contribution in [0, 0.1) is 6.92 Å². The average Bonchev–Trinajstić information content (AvgIpc) is 3.22. The number of H-pyrrole nitrogens is 1. The monoisotopic (exact) mass is 534 g/mol. The third-order valence-electron chi connectivity index (χ3n) is 6.78. The first kappa shape index (κ1) is 26.7. The fourth-order valence-electron chi connectivity index (χ4n) is 4.84. The summed E-state index contributed by atoms with van der Waals surface area (Å²) in [6.07, 6.45) is 3.50. The van der Waals surface area contributed by atoms with E-state index in [2.05, 4.69) is 11.1 Å². The highest BCUT2D eigenvalue weighted by molar-refractivity contribution is 6.46. The number of ether oxygens (including phenoxy) is 2. The minimum atomic E-state index is -0.829. The summed E-state index contributed by atoms with van der Waals surface area (Å²) in [7, 11) is 0. The molecule has 40 heavy (non-hydrogen) atoms. The molecule has 0 saturated carbocycles. The number of Topliss-reactive ketones (excluding diaryl/α,β-unsaturated/α-hetero) is 1. The van der Waals surface area contributed by atoms with E-state index in [1.807, 2.05) is 44.2 Å². The van der Waals surface area contributed by atoms with Crippen LogP contribution in [0.1, 0.15) is 40.8 Å². The Bertz CT molecular complexity index is 1530. The number of nitrogens with one attached hydrogen (secondary N) is 1. The highest BCUT2D eigenvalue weighted by Gasteiger charge is 2.44.